The van der Waals surface area contributed by atoms with Gasteiger partial charge in [-0.15, -0.1) is 0 Å². The number of aromatic nitrogens is 2. The molecule has 2 N–H and O–H groups in total. The normalized spacial score (nSPS) is 19.5. The van der Waals surface area contributed by atoms with E-state index < -0.39 is 44.7 Å². The molecule has 2 atom stereocenters. The number of hydrogen-bond donors (Lipinski definition) is 2. The lowest BCUT2D eigenvalue weighted by Gasteiger charge is -2.21. The molecule has 0 radical (unpaired) electrons. The van der Waals surface area contributed by atoms with E-state index in [0.717, 1.165) is 17.7 Å². The van der Waals surface area contributed by atoms with Crippen molar-refractivity contribution in [1.82, 2.24) is 19.8 Å². The molecule has 174 valence electrons. The van der Waals surface area contributed by atoms with E-state index >= 15 is 0 Å². The molecule has 7 nitrogen and oxygen atoms in total. The van der Waals surface area contributed by atoms with Gasteiger partial charge in [-0.2, -0.15) is 22.6 Å². The molecule has 1 aliphatic rings. The molecular formula is C21H18ClF3N4O3S. The summed E-state index contributed by atoms with van der Waals surface area (Å²) in [7, 11) is -3.89. The number of carbonyl (C=O) groups is 1. The SMILES string of the molecule is O=C(N[C@@H]1CN(S(=O)(=O)c2cn[nH]c2)C[C@H]1c1ccccc1)c1cccc(C(F)(F)F)c1Cl. The molecule has 3 aromatic rings. The number of H-pyrrole nitrogens is 1. The number of halogens is 4. The number of alkyl halides is 3. The van der Waals surface area contributed by atoms with E-state index in [2.05, 4.69) is 15.5 Å². The van der Waals surface area contributed by atoms with E-state index in [0.29, 0.717) is 0 Å². The summed E-state index contributed by atoms with van der Waals surface area (Å²) in [6.07, 6.45) is -2.29. The quantitative estimate of drug-likeness (QED) is 0.561. The second-order valence-electron chi connectivity index (χ2n) is 7.52. The van der Waals surface area contributed by atoms with Gasteiger partial charge in [0.2, 0.25) is 10.0 Å². The van der Waals surface area contributed by atoms with Crippen molar-refractivity contribution in [1.29, 1.82) is 0 Å². The van der Waals surface area contributed by atoms with Crippen LogP contribution in [0.15, 0.2) is 65.8 Å². The second kappa shape index (κ2) is 8.81. The number of sulfonamides is 1. The first kappa shape index (κ1) is 23.3. The number of rotatable bonds is 5. The lowest BCUT2D eigenvalue weighted by Crippen LogP contribution is -2.40. The zero-order chi connectivity index (χ0) is 23.8. The fourth-order valence-corrected chi connectivity index (χ4v) is 5.57. The van der Waals surface area contributed by atoms with E-state index in [-0.39, 0.29) is 23.5 Å². The standard InChI is InChI=1S/C21H18ClF3N4O3S/c22-19-15(7-4-8-17(19)21(23,24)25)20(30)28-18-12-29(33(31,32)14-9-26-27-10-14)11-16(18)13-5-2-1-3-6-13/h1-10,16,18H,11-12H2,(H,26,27)(H,28,30)/t16-,18+/m0/s1. The summed E-state index contributed by atoms with van der Waals surface area (Å²) in [6.45, 7) is -0.00576. The summed E-state index contributed by atoms with van der Waals surface area (Å²) in [5.74, 6) is -1.25. The fourth-order valence-electron chi connectivity index (χ4n) is 3.85. The van der Waals surface area contributed by atoms with E-state index in [1.165, 1.54) is 22.8 Å². The Bertz CT molecular complexity index is 1250. The van der Waals surface area contributed by atoms with Crippen LogP contribution < -0.4 is 5.32 Å². The van der Waals surface area contributed by atoms with E-state index in [1.54, 1.807) is 30.3 Å². The lowest BCUT2D eigenvalue weighted by atomic mass is 9.94. The van der Waals surface area contributed by atoms with Crippen molar-refractivity contribution in [2.45, 2.75) is 23.0 Å². The molecule has 1 aromatic heterocycles. The van der Waals surface area contributed by atoms with Crippen molar-refractivity contribution in [3.05, 3.63) is 82.6 Å². The van der Waals surface area contributed by atoms with Crippen molar-refractivity contribution >= 4 is 27.5 Å². The Kier molecular flexibility index (Phi) is 6.21. The van der Waals surface area contributed by atoms with Gasteiger partial charge in [0.1, 0.15) is 4.90 Å². The molecular weight excluding hydrogens is 481 g/mol. The van der Waals surface area contributed by atoms with Crippen LogP contribution in [0.3, 0.4) is 0 Å². The van der Waals surface area contributed by atoms with Gasteiger partial charge in [-0.1, -0.05) is 48.0 Å². The average Bonchev–Trinajstić information content (AvgIpc) is 3.45. The molecule has 33 heavy (non-hydrogen) atoms. The summed E-state index contributed by atoms with van der Waals surface area (Å²) < 4.78 is 66.8. The topological polar surface area (TPSA) is 95.2 Å². The van der Waals surface area contributed by atoms with Crippen LogP contribution in [-0.2, 0) is 16.2 Å². The minimum Gasteiger partial charge on any atom is -0.347 e. The van der Waals surface area contributed by atoms with Gasteiger partial charge in [-0.05, 0) is 17.7 Å². The molecule has 0 aliphatic carbocycles. The highest BCUT2D eigenvalue weighted by Crippen LogP contribution is 2.37. The molecule has 0 unspecified atom stereocenters. The van der Waals surface area contributed by atoms with Crippen LogP contribution in [0.5, 0.6) is 0 Å². The molecule has 4 rings (SSSR count). The number of benzene rings is 2. The zero-order valence-electron chi connectivity index (χ0n) is 16.9. The van der Waals surface area contributed by atoms with Crippen LogP contribution in [0, 0.1) is 0 Å². The Labute approximate surface area is 192 Å². The maximum atomic E-state index is 13.2. The van der Waals surface area contributed by atoms with Crippen LogP contribution in [0.25, 0.3) is 0 Å². The van der Waals surface area contributed by atoms with Crippen LogP contribution in [0.4, 0.5) is 13.2 Å². The molecule has 1 saturated heterocycles. The number of hydrogen-bond acceptors (Lipinski definition) is 4. The Hall–Kier alpha value is -2.89. The smallest absolute Gasteiger partial charge is 0.347 e. The van der Waals surface area contributed by atoms with Gasteiger partial charge < -0.3 is 5.32 Å². The number of carbonyl (C=O) groups excluding carboxylic acids is 1. The third-order valence-corrected chi connectivity index (χ3v) is 7.69. The van der Waals surface area contributed by atoms with Gasteiger partial charge in [0.15, 0.2) is 0 Å². The summed E-state index contributed by atoms with van der Waals surface area (Å²) in [4.78, 5) is 12.9. The van der Waals surface area contributed by atoms with Crippen molar-refractivity contribution in [3.63, 3.8) is 0 Å². The molecule has 0 bridgehead atoms. The maximum absolute atomic E-state index is 13.2. The fraction of sp³-hybridized carbons (Fsp3) is 0.238. The van der Waals surface area contributed by atoms with Crippen molar-refractivity contribution in [2.24, 2.45) is 0 Å². The average molecular weight is 499 g/mol. The van der Waals surface area contributed by atoms with Crippen LogP contribution in [0.2, 0.25) is 5.02 Å². The van der Waals surface area contributed by atoms with Crippen LogP contribution in [-0.4, -0.2) is 48.0 Å². The molecule has 2 aromatic carbocycles. The third-order valence-electron chi connectivity index (χ3n) is 5.49. The predicted molar refractivity (Wildman–Crippen MR) is 114 cm³/mol. The molecule has 1 amide bonds. The largest absolute Gasteiger partial charge is 0.417 e. The van der Waals surface area contributed by atoms with Crippen molar-refractivity contribution in [3.8, 4) is 0 Å². The van der Waals surface area contributed by atoms with Crippen LogP contribution in [0.1, 0.15) is 27.4 Å². The molecule has 1 aliphatic heterocycles. The monoisotopic (exact) mass is 498 g/mol. The van der Waals surface area contributed by atoms with Crippen LogP contribution >= 0.6 is 11.6 Å². The van der Waals surface area contributed by atoms with E-state index in [1.807, 2.05) is 0 Å². The van der Waals surface area contributed by atoms with Crippen molar-refractivity contribution in [2.75, 3.05) is 13.1 Å². The Morgan fingerprint density at radius 1 is 1.12 bits per heavy atom. The minimum absolute atomic E-state index is 0.0257. The van der Waals surface area contributed by atoms with Gasteiger partial charge in [0.05, 0.1) is 28.4 Å². The predicted octanol–water partition coefficient (Wildman–Crippen LogP) is 3.67. The second-order valence-corrected chi connectivity index (χ2v) is 9.83. The summed E-state index contributed by atoms with van der Waals surface area (Å²) >= 11 is 5.90. The van der Waals surface area contributed by atoms with Gasteiger partial charge in [-0.3, -0.25) is 9.89 Å². The molecule has 0 spiro atoms. The number of aromatic amines is 1. The molecule has 2 heterocycles. The Morgan fingerprint density at radius 3 is 2.48 bits per heavy atom. The zero-order valence-corrected chi connectivity index (χ0v) is 18.5. The molecule has 12 heteroatoms. The highest BCUT2D eigenvalue weighted by molar-refractivity contribution is 7.89. The van der Waals surface area contributed by atoms with Gasteiger partial charge >= 0.3 is 6.18 Å². The Balaban J connectivity index is 1.64. The first-order valence-electron chi connectivity index (χ1n) is 9.79. The van der Waals surface area contributed by atoms with E-state index in [4.69, 9.17) is 11.6 Å². The summed E-state index contributed by atoms with van der Waals surface area (Å²) in [5.41, 5.74) is -0.677. The number of nitrogens with zero attached hydrogens (tertiary/aromatic N) is 2. The highest BCUT2D eigenvalue weighted by Gasteiger charge is 2.42. The van der Waals surface area contributed by atoms with E-state index in [9.17, 15) is 26.4 Å². The Morgan fingerprint density at radius 2 is 1.85 bits per heavy atom. The van der Waals surface area contributed by atoms with Gasteiger partial charge in [0, 0.05) is 25.2 Å². The molecule has 1 fully saturated rings. The third kappa shape index (κ3) is 4.61. The highest BCUT2D eigenvalue weighted by atomic mass is 35.5. The summed E-state index contributed by atoms with van der Waals surface area (Å²) in [6, 6.07) is 11.4. The summed E-state index contributed by atoms with van der Waals surface area (Å²) in [5, 5.41) is 8.12. The lowest BCUT2D eigenvalue weighted by molar-refractivity contribution is -0.137. The minimum atomic E-state index is -4.72. The number of amides is 1. The maximum Gasteiger partial charge on any atom is 0.417 e. The van der Waals surface area contributed by atoms with Crippen molar-refractivity contribution < 1.29 is 26.4 Å². The first-order valence-corrected chi connectivity index (χ1v) is 11.6. The number of nitrogens with one attached hydrogen (secondary N) is 2. The molecule has 0 saturated carbocycles. The van der Waals surface area contributed by atoms with Gasteiger partial charge in [-0.25, -0.2) is 8.42 Å². The first-order chi connectivity index (χ1) is 15.6. The van der Waals surface area contributed by atoms with Gasteiger partial charge in [0.25, 0.3) is 5.91 Å².